The van der Waals surface area contributed by atoms with Crippen LogP contribution in [0.25, 0.3) is 27.7 Å². The van der Waals surface area contributed by atoms with Crippen LogP contribution in [0.5, 0.6) is 5.75 Å². The SMILES string of the molecule is O=C(OCc1ccccc1)c1ccc(-c2c(C(F)(F)CO)n(-c3ccc(F)cc3)c3cccc(OCc4ccccc4)c23)cc1. The van der Waals surface area contributed by atoms with Crippen molar-refractivity contribution in [1.29, 1.82) is 0 Å². The van der Waals surface area contributed by atoms with Gasteiger partial charge in [-0.15, -0.1) is 0 Å². The van der Waals surface area contributed by atoms with Crippen LogP contribution < -0.4 is 4.74 Å². The van der Waals surface area contributed by atoms with Crippen molar-refractivity contribution in [2.24, 2.45) is 0 Å². The second-order valence-electron chi connectivity index (χ2n) is 10.5. The first kappa shape index (κ1) is 29.7. The van der Waals surface area contributed by atoms with Gasteiger partial charge in [-0.25, -0.2) is 9.18 Å². The molecule has 1 aromatic heterocycles. The molecule has 0 aliphatic heterocycles. The van der Waals surface area contributed by atoms with Gasteiger partial charge < -0.3 is 19.1 Å². The van der Waals surface area contributed by atoms with Crippen molar-refractivity contribution in [3.8, 4) is 22.6 Å². The Balaban J connectivity index is 1.49. The van der Waals surface area contributed by atoms with Crippen LogP contribution in [-0.4, -0.2) is 22.2 Å². The number of carbonyl (C=O) groups is 1. The first-order valence-electron chi connectivity index (χ1n) is 14.3. The van der Waals surface area contributed by atoms with Crippen LogP contribution in [0.3, 0.4) is 0 Å². The first-order valence-corrected chi connectivity index (χ1v) is 14.3. The number of rotatable bonds is 10. The van der Waals surface area contributed by atoms with Crippen LogP contribution in [0, 0.1) is 5.82 Å². The van der Waals surface area contributed by atoms with Crippen molar-refractivity contribution in [1.82, 2.24) is 4.57 Å². The Morgan fingerprint density at radius 1 is 0.733 bits per heavy atom. The normalized spacial score (nSPS) is 11.5. The number of hydrogen-bond acceptors (Lipinski definition) is 4. The maximum absolute atomic E-state index is 15.9. The second kappa shape index (κ2) is 12.7. The van der Waals surface area contributed by atoms with Crippen molar-refractivity contribution in [3.05, 3.63) is 156 Å². The summed E-state index contributed by atoms with van der Waals surface area (Å²) in [5.41, 5.74) is 2.58. The number of esters is 1. The van der Waals surface area contributed by atoms with Crippen LogP contribution in [0.4, 0.5) is 13.2 Å². The lowest BCUT2D eigenvalue weighted by Crippen LogP contribution is -2.23. The summed E-state index contributed by atoms with van der Waals surface area (Å²) in [4.78, 5) is 12.8. The number of carbonyl (C=O) groups excluding carboxylic acids is 1. The molecule has 0 bridgehead atoms. The molecule has 0 radical (unpaired) electrons. The molecule has 5 aromatic carbocycles. The third-order valence-corrected chi connectivity index (χ3v) is 7.44. The standard InChI is InChI=1S/C37H28F3NO4/c38-29-18-20-30(21-19-29)41-31-12-7-13-32(44-22-25-8-3-1-4-9-25)34(31)33(35(41)37(39,40)24-42)27-14-16-28(17-15-27)36(43)45-23-26-10-5-2-6-11-26/h1-21,42H,22-24H2. The van der Waals surface area contributed by atoms with E-state index in [1.54, 1.807) is 30.3 Å². The molecule has 226 valence electrons. The minimum atomic E-state index is -3.72. The summed E-state index contributed by atoms with van der Waals surface area (Å²) in [7, 11) is 0. The van der Waals surface area contributed by atoms with Crippen molar-refractivity contribution in [3.63, 3.8) is 0 Å². The summed E-state index contributed by atoms with van der Waals surface area (Å²) in [6.07, 6.45) is 0. The number of aliphatic hydroxyl groups is 1. The van der Waals surface area contributed by atoms with Gasteiger partial charge in [0.2, 0.25) is 0 Å². The molecular formula is C37H28F3NO4. The molecule has 45 heavy (non-hydrogen) atoms. The lowest BCUT2D eigenvalue weighted by atomic mass is 9.97. The Hall–Kier alpha value is -5.34. The van der Waals surface area contributed by atoms with Gasteiger partial charge in [0.05, 0.1) is 16.5 Å². The molecule has 8 heteroatoms. The number of alkyl halides is 2. The monoisotopic (exact) mass is 607 g/mol. The Morgan fingerprint density at radius 3 is 1.98 bits per heavy atom. The van der Waals surface area contributed by atoms with E-state index in [9.17, 15) is 14.3 Å². The van der Waals surface area contributed by atoms with Gasteiger partial charge in [0.1, 0.15) is 37.1 Å². The second-order valence-corrected chi connectivity index (χ2v) is 10.5. The fourth-order valence-electron chi connectivity index (χ4n) is 5.30. The lowest BCUT2D eigenvalue weighted by Gasteiger charge is -2.20. The van der Waals surface area contributed by atoms with Crippen LogP contribution in [0.15, 0.2) is 127 Å². The van der Waals surface area contributed by atoms with Crippen molar-refractivity contribution >= 4 is 16.9 Å². The topological polar surface area (TPSA) is 60.7 Å². The number of hydrogen-bond donors (Lipinski definition) is 1. The Bertz CT molecular complexity index is 1920. The van der Waals surface area contributed by atoms with Crippen molar-refractivity contribution in [2.45, 2.75) is 19.1 Å². The average Bonchev–Trinajstić information content (AvgIpc) is 3.44. The maximum Gasteiger partial charge on any atom is 0.338 e. The Kier molecular flexibility index (Phi) is 8.40. The van der Waals surface area contributed by atoms with E-state index in [-0.39, 0.29) is 30.0 Å². The van der Waals surface area contributed by atoms with E-state index in [2.05, 4.69) is 0 Å². The summed E-state index contributed by atoms with van der Waals surface area (Å²) in [5, 5.41) is 10.3. The molecule has 0 atom stereocenters. The highest BCUT2D eigenvalue weighted by Gasteiger charge is 2.40. The molecule has 5 nitrogen and oxygen atoms in total. The summed E-state index contributed by atoms with van der Waals surface area (Å²) in [6, 6.07) is 35.1. The quantitative estimate of drug-likeness (QED) is 0.159. The third-order valence-electron chi connectivity index (χ3n) is 7.44. The van der Waals surface area contributed by atoms with E-state index >= 15 is 8.78 Å². The summed E-state index contributed by atoms with van der Waals surface area (Å²) >= 11 is 0. The Labute approximate surface area is 257 Å². The molecule has 0 unspecified atom stereocenters. The van der Waals surface area contributed by atoms with Crippen molar-refractivity contribution < 1.29 is 32.5 Å². The lowest BCUT2D eigenvalue weighted by molar-refractivity contribution is -0.0597. The van der Waals surface area contributed by atoms with E-state index in [1.165, 1.54) is 41.0 Å². The Morgan fingerprint density at radius 2 is 1.36 bits per heavy atom. The first-order chi connectivity index (χ1) is 21.9. The van der Waals surface area contributed by atoms with E-state index in [0.29, 0.717) is 22.2 Å². The zero-order valence-electron chi connectivity index (χ0n) is 24.0. The summed E-state index contributed by atoms with van der Waals surface area (Å²) in [6.45, 7) is -1.21. The fraction of sp³-hybridized carbons (Fsp3) is 0.108. The smallest absolute Gasteiger partial charge is 0.338 e. The van der Waals surface area contributed by atoms with E-state index in [1.807, 2.05) is 60.7 Å². The van der Waals surface area contributed by atoms with Gasteiger partial charge in [-0.2, -0.15) is 8.78 Å². The number of fused-ring (bicyclic) bond motifs is 1. The third kappa shape index (κ3) is 6.18. The van der Waals surface area contributed by atoms with E-state index in [0.717, 1.165) is 11.1 Å². The highest BCUT2D eigenvalue weighted by Crippen LogP contribution is 2.47. The number of benzene rings is 5. The zero-order valence-corrected chi connectivity index (χ0v) is 24.0. The summed E-state index contributed by atoms with van der Waals surface area (Å²) in [5.74, 6) is -4.46. The number of aromatic nitrogens is 1. The molecule has 0 saturated carbocycles. The predicted molar refractivity (Wildman–Crippen MR) is 166 cm³/mol. The molecule has 6 rings (SSSR count). The van der Waals surface area contributed by atoms with Gasteiger partial charge in [0.15, 0.2) is 0 Å². The van der Waals surface area contributed by atoms with Crippen LogP contribution in [0.1, 0.15) is 27.2 Å². The zero-order chi connectivity index (χ0) is 31.4. The molecule has 0 fully saturated rings. The fourth-order valence-corrected chi connectivity index (χ4v) is 5.30. The van der Waals surface area contributed by atoms with Gasteiger partial charge in [0.25, 0.3) is 0 Å². The molecule has 6 aromatic rings. The summed E-state index contributed by atoms with van der Waals surface area (Å²) < 4.78 is 58.7. The molecular weight excluding hydrogens is 579 g/mol. The number of nitrogens with zero attached hydrogens (tertiary/aromatic N) is 1. The van der Waals surface area contributed by atoms with Crippen molar-refractivity contribution in [2.75, 3.05) is 6.61 Å². The van der Waals surface area contributed by atoms with Gasteiger partial charge >= 0.3 is 11.9 Å². The molecule has 0 aliphatic carbocycles. The highest BCUT2D eigenvalue weighted by atomic mass is 19.3. The highest BCUT2D eigenvalue weighted by molar-refractivity contribution is 6.04. The van der Waals surface area contributed by atoms with Crippen LogP contribution in [0.2, 0.25) is 0 Å². The van der Waals surface area contributed by atoms with Crippen LogP contribution >= 0.6 is 0 Å². The maximum atomic E-state index is 15.9. The number of aliphatic hydroxyl groups excluding tert-OH is 1. The van der Waals surface area contributed by atoms with E-state index in [4.69, 9.17) is 9.47 Å². The van der Waals surface area contributed by atoms with Gasteiger partial charge in [-0.3, -0.25) is 0 Å². The molecule has 0 aliphatic rings. The molecule has 0 saturated heterocycles. The molecule has 1 N–H and O–H groups in total. The minimum Gasteiger partial charge on any atom is -0.488 e. The molecule has 1 heterocycles. The predicted octanol–water partition coefficient (Wildman–Crippen LogP) is 8.46. The van der Waals surface area contributed by atoms with Gasteiger partial charge in [-0.05, 0) is 65.2 Å². The molecule has 0 spiro atoms. The number of halogens is 3. The van der Waals surface area contributed by atoms with Gasteiger partial charge in [-0.1, -0.05) is 78.9 Å². The molecule has 0 amide bonds. The minimum absolute atomic E-state index is 0.0849. The van der Waals surface area contributed by atoms with E-state index < -0.39 is 30.0 Å². The largest absolute Gasteiger partial charge is 0.488 e. The van der Waals surface area contributed by atoms with Crippen LogP contribution in [-0.2, 0) is 23.9 Å². The number of ether oxygens (including phenoxy) is 2. The van der Waals surface area contributed by atoms with Gasteiger partial charge in [0, 0.05) is 11.3 Å². The average molecular weight is 608 g/mol.